The number of furan rings is 1. The second kappa shape index (κ2) is 6.65. The molecular formula is C15H22N2O4. The minimum absolute atomic E-state index is 0.166. The van der Waals surface area contributed by atoms with Gasteiger partial charge in [-0.3, -0.25) is 4.79 Å². The van der Waals surface area contributed by atoms with Crippen molar-refractivity contribution in [2.45, 2.75) is 39.2 Å². The van der Waals surface area contributed by atoms with Crippen LogP contribution in [0.15, 0.2) is 22.8 Å². The normalized spacial score (nSPS) is 25.3. The van der Waals surface area contributed by atoms with Gasteiger partial charge < -0.3 is 20.2 Å². The Hall–Kier alpha value is -1.98. The van der Waals surface area contributed by atoms with Crippen molar-refractivity contribution in [2.24, 2.45) is 11.3 Å². The Morgan fingerprint density at radius 3 is 2.67 bits per heavy atom. The Labute approximate surface area is 123 Å². The van der Waals surface area contributed by atoms with Crippen LogP contribution in [0.3, 0.4) is 0 Å². The van der Waals surface area contributed by atoms with Crippen molar-refractivity contribution in [2.75, 3.05) is 6.54 Å². The van der Waals surface area contributed by atoms with Crippen molar-refractivity contribution in [3.8, 4) is 0 Å². The summed E-state index contributed by atoms with van der Waals surface area (Å²) in [5.41, 5.74) is -0.825. The van der Waals surface area contributed by atoms with Crippen molar-refractivity contribution < 1.29 is 19.1 Å². The minimum Gasteiger partial charge on any atom is -0.481 e. The molecule has 1 heterocycles. The lowest BCUT2D eigenvalue weighted by molar-refractivity contribution is -0.151. The number of nitrogens with one attached hydrogen (secondary N) is 2. The van der Waals surface area contributed by atoms with Crippen molar-refractivity contribution in [1.82, 2.24) is 10.6 Å². The third kappa shape index (κ3) is 4.00. The van der Waals surface area contributed by atoms with Gasteiger partial charge in [0, 0.05) is 6.54 Å². The van der Waals surface area contributed by atoms with Crippen LogP contribution < -0.4 is 10.6 Å². The maximum Gasteiger partial charge on any atom is 0.315 e. The molecule has 3 N–H and O–H groups in total. The summed E-state index contributed by atoms with van der Waals surface area (Å²) in [4.78, 5) is 23.3. The summed E-state index contributed by atoms with van der Waals surface area (Å²) in [6, 6.07) is 3.14. The largest absolute Gasteiger partial charge is 0.481 e. The molecule has 1 saturated carbocycles. The van der Waals surface area contributed by atoms with Gasteiger partial charge in [0.15, 0.2) is 0 Å². The van der Waals surface area contributed by atoms with Gasteiger partial charge in [-0.1, -0.05) is 6.92 Å². The van der Waals surface area contributed by atoms with Crippen LogP contribution in [0.1, 0.15) is 38.4 Å². The highest BCUT2D eigenvalue weighted by molar-refractivity contribution is 5.78. The smallest absolute Gasteiger partial charge is 0.315 e. The van der Waals surface area contributed by atoms with Crippen LogP contribution in [0, 0.1) is 11.3 Å². The van der Waals surface area contributed by atoms with Gasteiger partial charge in [-0.2, -0.15) is 0 Å². The van der Waals surface area contributed by atoms with Gasteiger partial charge in [-0.15, -0.1) is 0 Å². The van der Waals surface area contributed by atoms with E-state index in [1.54, 1.807) is 12.1 Å². The molecule has 1 aliphatic rings. The Balaban J connectivity index is 1.81. The van der Waals surface area contributed by atoms with Gasteiger partial charge in [-0.05, 0) is 43.7 Å². The van der Waals surface area contributed by atoms with Crippen LogP contribution in [0.5, 0.6) is 0 Å². The van der Waals surface area contributed by atoms with Gasteiger partial charge >= 0.3 is 12.0 Å². The maximum absolute atomic E-state index is 11.8. The molecule has 0 radical (unpaired) electrons. The first-order valence-electron chi connectivity index (χ1n) is 7.29. The zero-order valence-electron chi connectivity index (χ0n) is 12.2. The zero-order valence-corrected chi connectivity index (χ0v) is 12.2. The first-order valence-corrected chi connectivity index (χ1v) is 7.29. The highest BCUT2D eigenvalue weighted by atomic mass is 16.4. The van der Waals surface area contributed by atoms with Crippen LogP contribution in [0.2, 0.25) is 0 Å². The number of carboxylic acid groups (broad SMARTS) is 1. The van der Waals surface area contributed by atoms with E-state index in [0.717, 1.165) is 12.8 Å². The molecule has 0 atom stereocenters. The molecule has 1 fully saturated rings. The van der Waals surface area contributed by atoms with Crippen LogP contribution in [-0.2, 0) is 11.3 Å². The first-order chi connectivity index (χ1) is 10.0. The van der Waals surface area contributed by atoms with Crippen molar-refractivity contribution in [3.63, 3.8) is 0 Å². The highest BCUT2D eigenvalue weighted by Crippen LogP contribution is 2.38. The third-order valence-corrected chi connectivity index (χ3v) is 4.28. The average molecular weight is 294 g/mol. The van der Waals surface area contributed by atoms with Crippen molar-refractivity contribution >= 4 is 12.0 Å². The van der Waals surface area contributed by atoms with Crippen molar-refractivity contribution in [3.05, 3.63) is 24.2 Å². The van der Waals surface area contributed by atoms with E-state index in [1.807, 2.05) is 0 Å². The molecule has 0 spiro atoms. The molecule has 116 valence electrons. The Morgan fingerprint density at radius 2 is 2.10 bits per heavy atom. The van der Waals surface area contributed by atoms with Crippen LogP contribution >= 0.6 is 0 Å². The molecule has 0 unspecified atom stereocenters. The molecule has 21 heavy (non-hydrogen) atoms. The lowest BCUT2D eigenvalue weighted by Gasteiger charge is -2.35. The second-order valence-corrected chi connectivity index (χ2v) is 5.88. The fourth-order valence-electron chi connectivity index (χ4n) is 2.67. The van der Waals surface area contributed by atoms with Gasteiger partial charge in [0.1, 0.15) is 5.76 Å². The van der Waals surface area contributed by atoms with E-state index in [2.05, 4.69) is 17.6 Å². The number of carbonyl (C=O) groups excluding carboxylic acids is 1. The molecule has 2 amide bonds. The van der Waals surface area contributed by atoms with E-state index >= 15 is 0 Å². The van der Waals surface area contributed by atoms with Gasteiger partial charge in [0.2, 0.25) is 0 Å². The average Bonchev–Trinajstić information content (AvgIpc) is 2.98. The number of hydrogen-bond acceptors (Lipinski definition) is 3. The van der Waals surface area contributed by atoms with E-state index in [4.69, 9.17) is 4.42 Å². The lowest BCUT2D eigenvalue weighted by Crippen LogP contribution is -2.47. The molecule has 6 nitrogen and oxygen atoms in total. The fourth-order valence-corrected chi connectivity index (χ4v) is 2.67. The number of amides is 2. The molecule has 0 aliphatic heterocycles. The predicted octanol–water partition coefficient (Wildman–Crippen LogP) is 2.36. The number of aliphatic carboxylic acids is 1. The van der Waals surface area contributed by atoms with Crippen molar-refractivity contribution in [1.29, 1.82) is 0 Å². The number of urea groups is 1. The Morgan fingerprint density at radius 1 is 1.38 bits per heavy atom. The summed E-state index contributed by atoms with van der Waals surface area (Å²) in [5.74, 6) is 0.399. The van der Waals surface area contributed by atoms with E-state index in [0.29, 0.717) is 24.5 Å². The molecule has 1 aromatic rings. The quantitative estimate of drug-likeness (QED) is 0.777. The highest BCUT2D eigenvalue weighted by Gasteiger charge is 2.41. The van der Waals surface area contributed by atoms with E-state index < -0.39 is 11.4 Å². The standard InChI is InChI=1S/C15H22N2O4/c1-11-4-6-15(7-5-11,13(18)19)10-17-14(20)16-9-12-3-2-8-21-12/h2-3,8,11H,4-7,9-10H2,1H3,(H,18,19)(H2,16,17,20). The number of carboxylic acids is 1. The summed E-state index contributed by atoms with van der Waals surface area (Å²) in [7, 11) is 0. The molecule has 0 saturated heterocycles. The molecular weight excluding hydrogens is 272 g/mol. The Bertz CT molecular complexity index is 476. The fraction of sp³-hybridized carbons (Fsp3) is 0.600. The molecule has 2 rings (SSSR count). The predicted molar refractivity (Wildman–Crippen MR) is 76.6 cm³/mol. The second-order valence-electron chi connectivity index (χ2n) is 5.88. The van der Waals surface area contributed by atoms with E-state index in [-0.39, 0.29) is 19.1 Å². The van der Waals surface area contributed by atoms with Crippen LogP contribution in [0.25, 0.3) is 0 Å². The summed E-state index contributed by atoms with van der Waals surface area (Å²) < 4.78 is 5.11. The molecule has 0 bridgehead atoms. The first kappa shape index (κ1) is 15.4. The van der Waals surface area contributed by atoms with Crippen LogP contribution in [0.4, 0.5) is 4.79 Å². The number of hydrogen-bond donors (Lipinski definition) is 3. The van der Waals surface area contributed by atoms with Gasteiger partial charge in [0.05, 0.1) is 18.2 Å². The summed E-state index contributed by atoms with van der Waals surface area (Å²) in [6.07, 6.45) is 4.55. The third-order valence-electron chi connectivity index (χ3n) is 4.28. The maximum atomic E-state index is 11.8. The summed E-state index contributed by atoms with van der Waals surface area (Å²) in [5, 5.41) is 14.8. The number of carbonyl (C=O) groups is 2. The van der Waals surface area contributed by atoms with E-state index in [1.165, 1.54) is 6.26 Å². The molecule has 6 heteroatoms. The number of rotatable bonds is 5. The Kier molecular flexibility index (Phi) is 4.88. The monoisotopic (exact) mass is 294 g/mol. The van der Waals surface area contributed by atoms with Crippen LogP contribution in [-0.4, -0.2) is 23.7 Å². The molecule has 0 aromatic carbocycles. The molecule has 1 aromatic heterocycles. The summed E-state index contributed by atoms with van der Waals surface area (Å²) >= 11 is 0. The van der Waals surface area contributed by atoms with Gasteiger partial charge in [0.25, 0.3) is 0 Å². The van der Waals surface area contributed by atoms with Gasteiger partial charge in [-0.25, -0.2) is 4.79 Å². The lowest BCUT2D eigenvalue weighted by atomic mass is 9.71. The molecule has 1 aliphatic carbocycles. The minimum atomic E-state index is -0.825. The SMILES string of the molecule is CC1CCC(CNC(=O)NCc2ccco2)(C(=O)O)CC1. The zero-order chi connectivity index (χ0) is 15.3. The topological polar surface area (TPSA) is 91.6 Å². The van der Waals surface area contributed by atoms with E-state index in [9.17, 15) is 14.7 Å². The summed E-state index contributed by atoms with van der Waals surface area (Å²) in [6.45, 7) is 2.59.